The molecule has 3 N–H and O–H groups in total. The van der Waals surface area contributed by atoms with Crippen molar-refractivity contribution in [3.8, 4) is 0 Å². The highest BCUT2D eigenvalue weighted by atomic mass is 32.1. The molecule has 142 valence electrons. The summed E-state index contributed by atoms with van der Waals surface area (Å²) in [5, 5.41) is 2.41. The van der Waals surface area contributed by atoms with Gasteiger partial charge in [0.25, 0.3) is 17.7 Å². The summed E-state index contributed by atoms with van der Waals surface area (Å²) in [6, 6.07) is 6.87. The molecule has 0 spiro atoms. The maximum atomic E-state index is 12.8. The van der Waals surface area contributed by atoms with Crippen molar-refractivity contribution in [1.29, 1.82) is 0 Å². The van der Waals surface area contributed by atoms with Gasteiger partial charge in [0.2, 0.25) is 0 Å². The molecule has 0 radical (unpaired) electrons. The van der Waals surface area contributed by atoms with Crippen molar-refractivity contribution >= 4 is 29.1 Å². The van der Waals surface area contributed by atoms with Gasteiger partial charge < -0.3 is 5.32 Å². The fraction of sp³-hybridized carbons (Fsp3) is 0.316. The van der Waals surface area contributed by atoms with Gasteiger partial charge >= 0.3 is 0 Å². The second-order valence-corrected chi connectivity index (χ2v) is 7.45. The second kappa shape index (κ2) is 8.77. The van der Waals surface area contributed by atoms with Crippen molar-refractivity contribution in [2.75, 3.05) is 6.54 Å². The summed E-state index contributed by atoms with van der Waals surface area (Å²) in [7, 11) is 0. The molecule has 0 fully saturated rings. The number of amides is 3. The lowest BCUT2D eigenvalue weighted by Gasteiger charge is -2.08. The Morgan fingerprint density at radius 1 is 0.963 bits per heavy atom. The van der Waals surface area contributed by atoms with Crippen LogP contribution in [0.25, 0.3) is 0 Å². The first kappa shape index (κ1) is 19.0. The van der Waals surface area contributed by atoms with Crippen LogP contribution in [0.4, 0.5) is 4.39 Å². The minimum atomic E-state index is -0.558. The second-order valence-electron chi connectivity index (χ2n) is 6.31. The zero-order chi connectivity index (χ0) is 19.2. The number of hydrogen-bond donors (Lipinski definition) is 3. The molecule has 27 heavy (non-hydrogen) atoms. The zero-order valence-electron chi connectivity index (χ0n) is 14.6. The average Bonchev–Trinajstić information content (AvgIpc) is 2.95. The van der Waals surface area contributed by atoms with Crippen LogP contribution in [-0.2, 0) is 17.6 Å². The highest BCUT2D eigenvalue weighted by Crippen LogP contribution is 2.28. The highest BCUT2D eigenvalue weighted by Gasteiger charge is 2.17. The SMILES string of the molecule is O=C(CNC(=O)c1ccc(F)cc1)NNC(=O)c1cc2c(s1)CCCCC2. The lowest BCUT2D eigenvalue weighted by Crippen LogP contribution is -2.46. The Hall–Kier alpha value is -2.74. The number of thiophene rings is 1. The van der Waals surface area contributed by atoms with Crippen molar-refractivity contribution in [2.24, 2.45) is 0 Å². The molecule has 1 aliphatic rings. The van der Waals surface area contributed by atoms with Crippen LogP contribution in [0, 0.1) is 5.82 Å². The molecule has 2 aromatic rings. The van der Waals surface area contributed by atoms with Crippen molar-refractivity contribution in [1.82, 2.24) is 16.2 Å². The van der Waals surface area contributed by atoms with Gasteiger partial charge in [-0.3, -0.25) is 25.2 Å². The Kier molecular flexibility index (Phi) is 6.18. The predicted octanol–water partition coefficient (Wildman–Crippen LogP) is 2.35. The quantitative estimate of drug-likeness (QED) is 0.554. The van der Waals surface area contributed by atoms with Crippen molar-refractivity contribution < 1.29 is 18.8 Å². The number of halogens is 1. The van der Waals surface area contributed by atoms with Gasteiger partial charge in [-0.25, -0.2) is 4.39 Å². The average molecular weight is 389 g/mol. The van der Waals surface area contributed by atoms with Crippen molar-refractivity contribution in [2.45, 2.75) is 32.1 Å². The molecule has 0 unspecified atom stereocenters. The molecule has 0 saturated heterocycles. The number of carbonyl (C=O) groups excluding carboxylic acids is 3. The Morgan fingerprint density at radius 3 is 2.48 bits per heavy atom. The molecule has 1 heterocycles. The number of hydrogen-bond acceptors (Lipinski definition) is 4. The van der Waals surface area contributed by atoms with E-state index in [4.69, 9.17) is 0 Å². The Morgan fingerprint density at radius 2 is 1.70 bits per heavy atom. The molecule has 1 aliphatic carbocycles. The van der Waals surface area contributed by atoms with Crippen molar-refractivity contribution in [3.63, 3.8) is 0 Å². The van der Waals surface area contributed by atoms with Crippen LogP contribution in [0.3, 0.4) is 0 Å². The van der Waals surface area contributed by atoms with Gasteiger partial charge in [0.05, 0.1) is 11.4 Å². The maximum absolute atomic E-state index is 12.8. The number of fused-ring (bicyclic) bond motifs is 1. The molecule has 8 heteroatoms. The van der Waals surface area contributed by atoms with Crippen LogP contribution < -0.4 is 16.2 Å². The number of benzene rings is 1. The van der Waals surface area contributed by atoms with Gasteiger partial charge in [-0.2, -0.15) is 0 Å². The normalized spacial score (nSPS) is 13.2. The molecule has 3 amide bonds. The fourth-order valence-corrected chi connectivity index (χ4v) is 4.02. The van der Waals surface area contributed by atoms with E-state index >= 15 is 0 Å². The summed E-state index contributed by atoms with van der Waals surface area (Å²) in [5.74, 6) is -1.88. The summed E-state index contributed by atoms with van der Waals surface area (Å²) < 4.78 is 12.8. The van der Waals surface area contributed by atoms with Crippen LogP contribution >= 0.6 is 11.3 Å². The molecule has 1 aromatic heterocycles. The van der Waals surface area contributed by atoms with E-state index in [-0.39, 0.29) is 18.0 Å². The fourth-order valence-electron chi connectivity index (χ4n) is 2.88. The smallest absolute Gasteiger partial charge is 0.279 e. The molecule has 6 nitrogen and oxygen atoms in total. The van der Waals surface area contributed by atoms with Crippen LogP contribution in [0.2, 0.25) is 0 Å². The summed E-state index contributed by atoms with van der Waals surface area (Å²) in [5.41, 5.74) is 6.12. The highest BCUT2D eigenvalue weighted by molar-refractivity contribution is 7.14. The molecule has 0 bridgehead atoms. The van der Waals surface area contributed by atoms with Gasteiger partial charge in [0.1, 0.15) is 5.82 Å². The van der Waals surface area contributed by atoms with Crippen LogP contribution in [0.1, 0.15) is 49.7 Å². The number of rotatable bonds is 4. The molecule has 3 rings (SSSR count). The first-order valence-electron chi connectivity index (χ1n) is 8.77. The topological polar surface area (TPSA) is 87.3 Å². The third-order valence-electron chi connectivity index (χ3n) is 4.30. The lowest BCUT2D eigenvalue weighted by atomic mass is 10.1. The first-order valence-corrected chi connectivity index (χ1v) is 9.59. The van der Waals surface area contributed by atoms with E-state index in [2.05, 4.69) is 16.2 Å². The van der Waals surface area contributed by atoms with Gasteiger partial charge in [-0.05, 0) is 61.6 Å². The van der Waals surface area contributed by atoms with Crippen LogP contribution in [0.5, 0.6) is 0 Å². The number of aryl methyl sites for hydroxylation is 2. The number of carbonyl (C=O) groups is 3. The standard InChI is InChI=1S/C19H20FN3O3S/c20-14-8-6-12(7-9-14)18(25)21-11-17(24)22-23-19(26)16-10-13-4-2-1-3-5-15(13)27-16/h6-10H,1-5,11H2,(H,21,25)(H,22,24)(H,23,26). The molecule has 0 aliphatic heterocycles. The first-order chi connectivity index (χ1) is 13.0. The van der Waals surface area contributed by atoms with E-state index in [1.54, 1.807) is 0 Å². The number of hydrazine groups is 1. The third kappa shape index (κ3) is 5.13. The Balaban J connectivity index is 1.45. The molecular weight excluding hydrogens is 369 g/mol. The minimum Gasteiger partial charge on any atom is -0.343 e. The summed E-state index contributed by atoms with van der Waals surface area (Å²) in [6.07, 6.45) is 5.47. The summed E-state index contributed by atoms with van der Waals surface area (Å²) in [4.78, 5) is 37.7. The monoisotopic (exact) mass is 389 g/mol. The predicted molar refractivity (Wildman–Crippen MR) is 99.9 cm³/mol. The van der Waals surface area contributed by atoms with E-state index in [0.29, 0.717) is 4.88 Å². The number of nitrogens with one attached hydrogen (secondary N) is 3. The molecule has 0 atom stereocenters. The van der Waals surface area contributed by atoms with Gasteiger partial charge in [0.15, 0.2) is 0 Å². The molecular formula is C19H20FN3O3S. The van der Waals surface area contributed by atoms with Crippen LogP contribution in [-0.4, -0.2) is 24.3 Å². The molecule has 1 aromatic carbocycles. The van der Waals surface area contributed by atoms with Gasteiger partial charge in [-0.1, -0.05) is 6.42 Å². The minimum absolute atomic E-state index is 0.244. The van der Waals surface area contributed by atoms with Crippen LogP contribution in [0.15, 0.2) is 30.3 Å². The lowest BCUT2D eigenvalue weighted by molar-refractivity contribution is -0.120. The summed E-state index contributed by atoms with van der Waals surface area (Å²) in [6.45, 7) is -0.308. The van der Waals surface area contributed by atoms with Crippen molar-refractivity contribution in [3.05, 3.63) is 57.0 Å². The van der Waals surface area contributed by atoms with Gasteiger partial charge in [0, 0.05) is 10.4 Å². The largest absolute Gasteiger partial charge is 0.343 e. The van der Waals surface area contributed by atoms with E-state index in [9.17, 15) is 18.8 Å². The maximum Gasteiger partial charge on any atom is 0.279 e. The van der Waals surface area contributed by atoms with E-state index in [0.717, 1.165) is 37.8 Å². The Labute approximate surface area is 160 Å². The third-order valence-corrected chi connectivity index (χ3v) is 5.54. The van der Waals surface area contributed by atoms with E-state index in [1.807, 2.05) is 6.07 Å². The molecule has 0 saturated carbocycles. The summed E-state index contributed by atoms with van der Waals surface area (Å²) >= 11 is 1.46. The zero-order valence-corrected chi connectivity index (χ0v) is 15.5. The van der Waals surface area contributed by atoms with E-state index < -0.39 is 17.6 Å². The van der Waals surface area contributed by atoms with Gasteiger partial charge in [-0.15, -0.1) is 11.3 Å². The Bertz CT molecular complexity index is 825. The van der Waals surface area contributed by atoms with E-state index in [1.165, 1.54) is 40.3 Å².